The standard InChI is InChI=1S/C24H40N4O2/c1-4-25-24(28-14-11-22(18-28)19-30-16-15-29-3)26-17-21-5-7-23(8-6-21)27-12-9-20(2)10-13-27/h5-8,20,22H,4,9-19H2,1-3H3,(H,25,26). The monoisotopic (exact) mass is 416 g/mol. The van der Waals surface area contributed by atoms with E-state index in [2.05, 4.69) is 53.2 Å². The minimum Gasteiger partial charge on any atom is -0.382 e. The van der Waals surface area contributed by atoms with Crippen LogP contribution in [0.1, 0.15) is 38.7 Å². The quantitative estimate of drug-likeness (QED) is 0.380. The van der Waals surface area contributed by atoms with Gasteiger partial charge in [-0.05, 0) is 49.8 Å². The molecule has 1 aromatic carbocycles. The average Bonchev–Trinajstić information content (AvgIpc) is 3.24. The van der Waals surface area contributed by atoms with E-state index < -0.39 is 0 Å². The molecule has 1 atom stereocenters. The van der Waals surface area contributed by atoms with Crippen LogP contribution in [0.5, 0.6) is 0 Å². The van der Waals surface area contributed by atoms with Crippen LogP contribution in [-0.2, 0) is 16.0 Å². The fraction of sp³-hybridized carbons (Fsp3) is 0.708. The van der Waals surface area contributed by atoms with Crippen molar-refractivity contribution in [1.82, 2.24) is 10.2 Å². The molecule has 2 saturated heterocycles. The molecule has 0 spiro atoms. The smallest absolute Gasteiger partial charge is 0.194 e. The molecular formula is C24H40N4O2. The van der Waals surface area contributed by atoms with Gasteiger partial charge in [0.15, 0.2) is 5.96 Å². The van der Waals surface area contributed by atoms with Crippen molar-refractivity contribution in [2.75, 3.05) is 64.6 Å². The van der Waals surface area contributed by atoms with Crippen molar-refractivity contribution in [3.63, 3.8) is 0 Å². The number of nitrogens with zero attached hydrogens (tertiary/aromatic N) is 3. The Labute approximate surface area is 182 Å². The molecule has 2 fully saturated rings. The molecular weight excluding hydrogens is 376 g/mol. The summed E-state index contributed by atoms with van der Waals surface area (Å²) in [6.45, 7) is 12.6. The van der Waals surface area contributed by atoms with Gasteiger partial charge in [0.2, 0.25) is 0 Å². The lowest BCUT2D eigenvalue weighted by Crippen LogP contribution is -2.40. The van der Waals surface area contributed by atoms with Gasteiger partial charge in [0.1, 0.15) is 0 Å². The maximum atomic E-state index is 5.73. The number of piperidine rings is 1. The summed E-state index contributed by atoms with van der Waals surface area (Å²) in [7, 11) is 1.71. The van der Waals surface area contributed by atoms with Crippen molar-refractivity contribution in [3.05, 3.63) is 29.8 Å². The Morgan fingerprint density at radius 1 is 1.10 bits per heavy atom. The molecule has 0 aliphatic carbocycles. The molecule has 1 aromatic rings. The first-order chi connectivity index (χ1) is 14.7. The Morgan fingerprint density at radius 2 is 1.87 bits per heavy atom. The predicted octanol–water partition coefficient (Wildman–Crippen LogP) is 3.37. The number of rotatable bonds is 9. The van der Waals surface area contributed by atoms with E-state index >= 15 is 0 Å². The van der Waals surface area contributed by atoms with Crippen molar-refractivity contribution >= 4 is 11.6 Å². The van der Waals surface area contributed by atoms with Crippen LogP contribution in [0, 0.1) is 11.8 Å². The van der Waals surface area contributed by atoms with E-state index in [0.29, 0.717) is 25.7 Å². The fourth-order valence-electron chi connectivity index (χ4n) is 4.22. The highest BCUT2D eigenvalue weighted by atomic mass is 16.5. The van der Waals surface area contributed by atoms with Crippen LogP contribution in [0.3, 0.4) is 0 Å². The van der Waals surface area contributed by atoms with Gasteiger partial charge in [-0.3, -0.25) is 0 Å². The molecule has 2 aliphatic rings. The minimum absolute atomic E-state index is 0.567. The molecule has 2 heterocycles. The molecule has 0 bridgehead atoms. The second-order valence-electron chi connectivity index (χ2n) is 8.67. The molecule has 30 heavy (non-hydrogen) atoms. The molecule has 6 nitrogen and oxygen atoms in total. The van der Waals surface area contributed by atoms with Crippen LogP contribution in [0.2, 0.25) is 0 Å². The number of likely N-dealkylation sites (tertiary alicyclic amines) is 1. The lowest BCUT2D eigenvalue weighted by atomic mass is 9.99. The highest BCUT2D eigenvalue weighted by Crippen LogP contribution is 2.23. The molecule has 1 N–H and O–H groups in total. The van der Waals surface area contributed by atoms with E-state index in [4.69, 9.17) is 14.5 Å². The molecule has 2 aliphatic heterocycles. The molecule has 0 saturated carbocycles. The Kier molecular flexibility index (Phi) is 9.27. The van der Waals surface area contributed by atoms with E-state index in [1.54, 1.807) is 7.11 Å². The minimum atomic E-state index is 0.567. The zero-order valence-corrected chi connectivity index (χ0v) is 19.1. The van der Waals surface area contributed by atoms with Gasteiger partial charge in [-0.25, -0.2) is 4.99 Å². The van der Waals surface area contributed by atoms with Crippen LogP contribution in [0.25, 0.3) is 0 Å². The topological polar surface area (TPSA) is 49.3 Å². The summed E-state index contributed by atoms with van der Waals surface area (Å²) in [4.78, 5) is 9.80. The highest BCUT2D eigenvalue weighted by molar-refractivity contribution is 5.80. The summed E-state index contributed by atoms with van der Waals surface area (Å²) in [6.07, 6.45) is 3.75. The van der Waals surface area contributed by atoms with Crippen LogP contribution in [0.15, 0.2) is 29.3 Å². The lowest BCUT2D eigenvalue weighted by Gasteiger charge is -2.32. The maximum Gasteiger partial charge on any atom is 0.194 e. The third-order valence-electron chi connectivity index (χ3n) is 6.20. The number of nitrogens with one attached hydrogen (secondary N) is 1. The number of hydrogen-bond acceptors (Lipinski definition) is 4. The van der Waals surface area contributed by atoms with Crippen molar-refractivity contribution in [2.45, 2.75) is 39.7 Å². The zero-order valence-electron chi connectivity index (χ0n) is 19.1. The molecule has 0 aromatic heterocycles. The van der Waals surface area contributed by atoms with Crippen molar-refractivity contribution in [3.8, 4) is 0 Å². The molecule has 0 radical (unpaired) electrons. The first-order valence-electron chi connectivity index (χ1n) is 11.6. The van der Waals surface area contributed by atoms with Gasteiger partial charge in [0.25, 0.3) is 0 Å². The molecule has 168 valence electrons. The summed E-state index contributed by atoms with van der Waals surface area (Å²) in [5, 5.41) is 3.47. The Balaban J connectivity index is 1.51. The molecule has 1 unspecified atom stereocenters. The Morgan fingerprint density at radius 3 is 2.57 bits per heavy atom. The van der Waals surface area contributed by atoms with Gasteiger partial charge in [-0.2, -0.15) is 0 Å². The van der Waals surface area contributed by atoms with Crippen LogP contribution < -0.4 is 10.2 Å². The van der Waals surface area contributed by atoms with Gasteiger partial charge in [-0.1, -0.05) is 19.1 Å². The largest absolute Gasteiger partial charge is 0.382 e. The number of aliphatic imine (C=N–C) groups is 1. The SMILES string of the molecule is CCNC(=NCc1ccc(N2CCC(C)CC2)cc1)N1CCC(COCCOC)C1. The lowest BCUT2D eigenvalue weighted by molar-refractivity contribution is 0.0536. The van der Waals surface area contributed by atoms with Gasteiger partial charge >= 0.3 is 0 Å². The summed E-state index contributed by atoms with van der Waals surface area (Å²) < 4.78 is 10.8. The number of ether oxygens (including phenoxy) is 2. The zero-order chi connectivity index (χ0) is 21.2. The second-order valence-corrected chi connectivity index (χ2v) is 8.67. The van der Waals surface area contributed by atoms with Gasteiger partial charge in [0.05, 0.1) is 26.4 Å². The van der Waals surface area contributed by atoms with Crippen molar-refractivity contribution in [2.24, 2.45) is 16.8 Å². The first-order valence-corrected chi connectivity index (χ1v) is 11.6. The van der Waals surface area contributed by atoms with Crippen LogP contribution in [-0.4, -0.2) is 70.5 Å². The number of methoxy groups -OCH3 is 1. The third-order valence-corrected chi connectivity index (χ3v) is 6.20. The van der Waals surface area contributed by atoms with Crippen molar-refractivity contribution in [1.29, 1.82) is 0 Å². The summed E-state index contributed by atoms with van der Waals surface area (Å²) >= 11 is 0. The molecule has 0 amide bonds. The fourth-order valence-corrected chi connectivity index (χ4v) is 4.22. The second kappa shape index (κ2) is 12.2. The van der Waals surface area contributed by atoms with E-state index in [9.17, 15) is 0 Å². The summed E-state index contributed by atoms with van der Waals surface area (Å²) in [5.41, 5.74) is 2.61. The van der Waals surface area contributed by atoms with E-state index in [0.717, 1.165) is 44.5 Å². The van der Waals surface area contributed by atoms with Crippen molar-refractivity contribution < 1.29 is 9.47 Å². The van der Waals surface area contributed by atoms with E-state index in [-0.39, 0.29) is 0 Å². The summed E-state index contributed by atoms with van der Waals surface area (Å²) in [6, 6.07) is 8.99. The van der Waals surface area contributed by atoms with Crippen LogP contribution in [0.4, 0.5) is 5.69 Å². The van der Waals surface area contributed by atoms with Gasteiger partial charge < -0.3 is 24.6 Å². The van der Waals surface area contributed by atoms with Gasteiger partial charge in [0, 0.05) is 51.4 Å². The Hall–Kier alpha value is -1.79. The average molecular weight is 417 g/mol. The molecule has 6 heteroatoms. The van der Waals surface area contributed by atoms with E-state index in [1.165, 1.54) is 37.2 Å². The number of hydrogen-bond donors (Lipinski definition) is 1. The van der Waals surface area contributed by atoms with Gasteiger partial charge in [-0.15, -0.1) is 0 Å². The highest BCUT2D eigenvalue weighted by Gasteiger charge is 2.25. The molecule has 3 rings (SSSR count). The van der Waals surface area contributed by atoms with Crippen LogP contribution >= 0.6 is 0 Å². The number of anilines is 1. The number of guanidine groups is 1. The third kappa shape index (κ3) is 6.88. The van der Waals surface area contributed by atoms with E-state index in [1.807, 2.05) is 0 Å². The Bertz CT molecular complexity index is 641. The number of benzene rings is 1. The first kappa shape index (κ1) is 22.9. The normalized spacial score (nSPS) is 20.8. The maximum absolute atomic E-state index is 5.73. The predicted molar refractivity (Wildman–Crippen MR) is 124 cm³/mol. The summed E-state index contributed by atoms with van der Waals surface area (Å²) in [5.74, 6) is 2.45.